The lowest BCUT2D eigenvalue weighted by Gasteiger charge is -2.22. The smallest absolute Gasteiger partial charge is 0.267 e. The van der Waals surface area contributed by atoms with Gasteiger partial charge < -0.3 is 5.32 Å². The highest BCUT2D eigenvalue weighted by atomic mass is 35.5. The number of thioether (sulfide) groups is 1. The SMILES string of the molecule is O=C(CN1C(=O)C(=C2SC(=S)N(C3CCCC3)C2=O)c2ccccc21)Nc1ccccc1Cl. The summed E-state index contributed by atoms with van der Waals surface area (Å²) in [7, 11) is 0. The van der Waals surface area contributed by atoms with Gasteiger partial charge in [-0.25, -0.2) is 0 Å². The number of nitrogens with one attached hydrogen (secondary N) is 1. The number of hydrogen-bond donors (Lipinski definition) is 1. The van der Waals surface area contributed by atoms with Gasteiger partial charge in [-0.2, -0.15) is 0 Å². The molecule has 2 aromatic rings. The zero-order valence-electron chi connectivity index (χ0n) is 17.5. The largest absolute Gasteiger partial charge is 0.323 e. The van der Waals surface area contributed by atoms with Crippen molar-refractivity contribution in [3.8, 4) is 0 Å². The first kappa shape index (κ1) is 22.1. The van der Waals surface area contributed by atoms with E-state index in [-0.39, 0.29) is 30.3 Å². The van der Waals surface area contributed by atoms with Gasteiger partial charge in [0.2, 0.25) is 5.91 Å². The number of thiocarbonyl (C=S) groups is 1. The van der Waals surface area contributed by atoms with Gasteiger partial charge in [0.15, 0.2) is 0 Å². The van der Waals surface area contributed by atoms with E-state index < -0.39 is 0 Å². The summed E-state index contributed by atoms with van der Waals surface area (Å²) < 4.78 is 0.495. The van der Waals surface area contributed by atoms with Gasteiger partial charge in [0.25, 0.3) is 11.8 Å². The van der Waals surface area contributed by atoms with Crippen LogP contribution in [0.15, 0.2) is 53.4 Å². The van der Waals surface area contributed by atoms with Crippen LogP contribution in [0.25, 0.3) is 5.57 Å². The molecule has 1 aliphatic carbocycles. The van der Waals surface area contributed by atoms with Crippen LogP contribution in [0.1, 0.15) is 31.2 Å². The number of nitrogens with zero attached hydrogens (tertiary/aromatic N) is 2. The van der Waals surface area contributed by atoms with Crippen LogP contribution in [0.5, 0.6) is 0 Å². The van der Waals surface area contributed by atoms with E-state index in [1.165, 1.54) is 16.7 Å². The normalized spacial score (nSPS) is 20.7. The van der Waals surface area contributed by atoms with Gasteiger partial charge in [-0.3, -0.25) is 24.2 Å². The molecule has 1 N–H and O–H groups in total. The highest BCUT2D eigenvalue weighted by Gasteiger charge is 2.44. The molecule has 3 amide bonds. The predicted molar refractivity (Wildman–Crippen MR) is 135 cm³/mol. The maximum Gasteiger partial charge on any atom is 0.267 e. The second kappa shape index (κ2) is 8.93. The quantitative estimate of drug-likeness (QED) is 0.483. The molecule has 1 saturated heterocycles. The van der Waals surface area contributed by atoms with Crippen molar-refractivity contribution in [2.45, 2.75) is 31.7 Å². The van der Waals surface area contributed by atoms with Crippen molar-refractivity contribution in [1.29, 1.82) is 0 Å². The molecule has 168 valence electrons. The number of amides is 3. The fraction of sp³-hybridized carbons (Fsp3) is 0.250. The Hall–Kier alpha value is -2.68. The number of rotatable bonds is 4. The second-order valence-electron chi connectivity index (χ2n) is 8.12. The third kappa shape index (κ3) is 3.96. The maximum atomic E-state index is 13.5. The van der Waals surface area contributed by atoms with Gasteiger partial charge >= 0.3 is 0 Å². The zero-order chi connectivity index (χ0) is 23.1. The van der Waals surface area contributed by atoms with Crippen LogP contribution in [0.2, 0.25) is 5.02 Å². The number of carbonyl (C=O) groups is 3. The molecule has 5 rings (SSSR count). The van der Waals surface area contributed by atoms with Crippen molar-refractivity contribution < 1.29 is 14.4 Å². The Bertz CT molecular complexity index is 1220. The lowest BCUT2D eigenvalue weighted by atomic mass is 10.1. The highest BCUT2D eigenvalue weighted by Crippen LogP contribution is 2.46. The topological polar surface area (TPSA) is 69.7 Å². The molecule has 3 aliphatic rings. The molecule has 33 heavy (non-hydrogen) atoms. The Kier molecular flexibility index (Phi) is 5.99. The average Bonchev–Trinajstić information content (AvgIpc) is 3.48. The fourth-order valence-corrected chi connectivity index (χ4v) is 6.21. The standard InChI is InChI=1S/C24H20ClN3O3S2/c25-16-10-4-5-11-17(16)26-19(29)13-27-18-12-6-3-9-15(18)20(22(27)30)21-23(31)28(24(32)33-21)14-7-1-2-8-14/h3-6,9-12,14H,1-2,7-8,13H2,(H,26,29). The second-order valence-corrected chi connectivity index (χ2v) is 10.2. The average molecular weight is 498 g/mol. The predicted octanol–water partition coefficient (Wildman–Crippen LogP) is 4.84. The number of para-hydroxylation sites is 2. The molecule has 0 bridgehead atoms. The maximum absolute atomic E-state index is 13.5. The van der Waals surface area contributed by atoms with Gasteiger partial charge in [0.1, 0.15) is 10.9 Å². The third-order valence-corrected chi connectivity index (χ3v) is 7.82. The van der Waals surface area contributed by atoms with E-state index in [1.807, 2.05) is 6.07 Å². The van der Waals surface area contributed by atoms with Gasteiger partial charge in [-0.1, -0.05) is 78.8 Å². The van der Waals surface area contributed by atoms with Crippen LogP contribution in [0.4, 0.5) is 11.4 Å². The monoisotopic (exact) mass is 497 g/mol. The summed E-state index contributed by atoms with van der Waals surface area (Å²) in [6, 6.07) is 14.2. The molecule has 0 unspecified atom stereocenters. The molecule has 0 aromatic heterocycles. The Morgan fingerprint density at radius 3 is 2.52 bits per heavy atom. The molecule has 1 saturated carbocycles. The molecule has 9 heteroatoms. The van der Waals surface area contributed by atoms with Crippen LogP contribution >= 0.6 is 35.6 Å². The van der Waals surface area contributed by atoms with E-state index in [2.05, 4.69) is 5.32 Å². The molecule has 0 spiro atoms. The summed E-state index contributed by atoms with van der Waals surface area (Å²) in [6.07, 6.45) is 4.00. The first-order chi connectivity index (χ1) is 16.0. The Balaban J connectivity index is 1.45. The summed E-state index contributed by atoms with van der Waals surface area (Å²) in [6.45, 7) is -0.201. The van der Waals surface area contributed by atoms with Crippen molar-refractivity contribution >= 4 is 74.6 Å². The molecule has 2 aromatic carbocycles. The van der Waals surface area contributed by atoms with Crippen LogP contribution in [-0.2, 0) is 14.4 Å². The van der Waals surface area contributed by atoms with Gasteiger partial charge in [0, 0.05) is 11.6 Å². The summed E-state index contributed by atoms with van der Waals surface area (Å²) in [5, 5.41) is 3.16. The van der Waals surface area contributed by atoms with E-state index in [9.17, 15) is 14.4 Å². The number of benzene rings is 2. The number of fused-ring (bicyclic) bond motifs is 1. The lowest BCUT2D eigenvalue weighted by molar-refractivity contribution is -0.123. The molecule has 0 radical (unpaired) electrons. The minimum Gasteiger partial charge on any atom is -0.323 e. The Morgan fingerprint density at radius 1 is 1.06 bits per heavy atom. The van der Waals surface area contributed by atoms with Crippen LogP contribution in [0.3, 0.4) is 0 Å². The number of hydrogen-bond acceptors (Lipinski definition) is 5. The minimum absolute atomic E-state index is 0.0971. The Morgan fingerprint density at radius 2 is 1.76 bits per heavy atom. The van der Waals surface area contributed by atoms with Crippen molar-refractivity contribution in [1.82, 2.24) is 4.90 Å². The molecule has 2 heterocycles. The Labute approximate surface area is 205 Å². The molecular weight excluding hydrogens is 478 g/mol. The highest BCUT2D eigenvalue weighted by molar-refractivity contribution is 8.26. The van der Waals surface area contributed by atoms with E-state index in [1.54, 1.807) is 47.4 Å². The molecular formula is C24H20ClN3O3S2. The van der Waals surface area contributed by atoms with Crippen molar-refractivity contribution in [3.05, 3.63) is 64.0 Å². The number of halogens is 1. The van der Waals surface area contributed by atoms with Crippen LogP contribution in [-0.4, -0.2) is 39.5 Å². The summed E-state index contributed by atoms with van der Waals surface area (Å²) in [5.74, 6) is -0.971. The number of carbonyl (C=O) groups excluding carboxylic acids is 3. The van der Waals surface area contributed by atoms with Gasteiger partial charge in [-0.05, 0) is 31.0 Å². The molecule has 6 nitrogen and oxygen atoms in total. The van der Waals surface area contributed by atoms with Gasteiger partial charge in [-0.15, -0.1) is 0 Å². The molecule has 0 atom stereocenters. The van der Waals surface area contributed by atoms with Gasteiger partial charge in [0.05, 0.1) is 26.9 Å². The number of anilines is 2. The fourth-order valence-electron chi connectivity index (χ4n) is 4.56. The van der Waals surface area contributed by atoms with E-state index in [0.717, 1.165) is 25.7 Å². The van der Waals surface area contributed by atoms with Crippen LogP contribution in [0, 0.1) is 0 Å². The van der Waals surface area contributed by atoms with Crippen LogP contribution < -0.4 is 10.2 Å². The zero-order valence-corrected chi connectivity index (χ0v) is 19.9. The van der Waals surface area contributed by atoms with Crippen molar-refractivity contribution in [2.24, 2.45) is 0 Å². The molecule has 2 fully saturated rings. The first-order valence-corrected chi connectivity index (χ1v) is 12.3. The first-order valence-electron chi connectivity index (χ1n) is 10.7. The van der Waals surface area contributed by atoms with E-state index in [4.69, 9.17) is 23.8 Å². The minimum atomic E-state index is -0.383. The van der Waals surface area contributed by atoms with E-state index in [0.29, 0.717) is 36.8 Å². The summed E-state index contributed by atoms with van der Waals surface area (Å²) in [5.41, 5.74) is 2.02. The molecule has 2 aliphatic heterocycles. The summed E-state index contributed by atoms with van der Waals surface area (Å²) >= 11 is 12.8. The summed E-state index contributed by atoms with van der Waals surface area (Å²) in [4.78, 5) is 43.1. The third-order valence-electron chi connectivity index (χ3n) is 6.09. The lowest BCUT2D eigenvalue weighted by Crippen LogP contribution is -2.37. The van der Waals surface area contributed by atoms with Crippen molar-refractivity contribution in [2.75, 3.05) is 16.8 Å². The van der Waals surface area contributed by atoms with E-state index >= 15 is 0 Å². The van der Waals surface area contributed by atoms with Crippen molar-refractivity contribution in [3.63, 3.8) is 0 Å².